The molecular weight excluding hydrogens is 420 g/mol. The third-order valence-electron chi connectivity index (χ3n) is 6.46. The topological polar surface area (TPSA) is 145 Å². The summed E-state index contributed by atoms with van der Waals surface area (Å²) in [4.78, 5) is 21.1. The van der Waals surface area contributed by atoms with Crippen LogP contribution in [0.25, 0.3) is 11.3 Å². The van der Waals surface area contributed by atoms with Crippen molar-refractivity contribution in [3.63, 3.8) is 0 Å². The highest BCUT2D eigenvalue weighted by Gasteiger charge is 2.62. The van der Waals surface area contributed by atoms with Crippen molar-refractivity contribution in [2.24, 2.45) is 5.41 Å². The molecule has 0 spiro atoms. The van der Waals surface area contributed by atoms with Crippen molar-refractivity contribution in [1.82, 2.24) is 15.3 Å². The van der Waals surface area contributed by atoms with Crippen molar-refractivity contribution in [3.8, 4) is 17.3 Å². The van der Waals surface area contributed by atoms with Crippen molar-refractivity contribution < 1.29 is 27.9 Å². The first-order valence-corrected chi connectivity index (χ1v) is 9.91. The van der Waals surface area contributed by atoms with E-state index in [1.807, 2.05) is 0 Å². The van der Waals surface area contributed by atoms with Gasteiger partial charge in [-0.3, -0.25) is 4.79 Å². The number of carbonyl (C=O) groups is 1. The van der Waals surface area contributed by atoms with Crippen LogP contribution in [-0.2, 0) is 5.60 Å². The summed E-state index contributed by atoms with van der Waals surface area (Å²) in [5.74, 6) is -0.881. The number of anilines is 1. The Balaban J connectivity index is 1.75. The monoisotopic (exact) mass is 446 g/mol. The molecule has 3 aliphatic carbocycles. The lowest BCUT2D eigenvalue weighted by molar-refractivity contribution is -0.129. The van der Waals surface area contributed by atoms with Gasteiger partial charge in [0.2, 0.25) is 0 Å². The van der Waals surface area contributed by atoms with Gasteiger partial charge in [-0.15, -0.1) is 0 Å². The molecule has 0 saturated heterocycles. The van der Waals surface area contributed by atoms with Gasteiger partial charge in [0.25, 0.3) is 12.3 Å². The summed E-state index contributed by atoms with van der Waals surface area (Å²) in [6, 6.07) is 5.29. The predicted octanol–water partition coefficient (Wildman–Crippen LogP) is 2.05. The molecule has 32 heavy (non-hydrogen) atoms. The molecule has 3 aliphatic rings. The average Bonchev–Trinajstić information content (AvgIpc) is 3.33. The predicted molar refractivity (Wildman–Crippen MR) is 110 cm³/mol. The highest BCUT2D eigenvalue weighted by atomic mass is 19.3. The molecule has 0 aliphatic heterocycles. The number of aliphatic hydroxyl groups is 2. The van der Waals surface area contributed by atoms with Gasteiger partial charge >= 0.3 is 0 Å². The molecule has 3 saturated carbocycles. The first kappa shape index (κ1) is 18.4. The summed E-state index contributed by atoms with van der Waals surface area (Å²) < 4.78 is 50.5. The second kappa shape index (κ2) is 7.46. The molecule has 0 unspecified atom stereocenters. The zero-order valence-electron chi connectivity index (χ0n) is 19.9. The molecule has 0 radical (unpaired) electrons. The van der Waals surface area contributed by atoms with E-state index in [9.17, 15) is 29.1 Å². The minimum Gasteiger partial charge on any atom is -0.393 e. The van der Waals surface area contributed by atoms with E-state index in [0.717, 1.165) is 24.4 Å². The molecular formula is C22H23F2N5O3. The van der Waals surface area contributed by atoms with E-state index in [1.54, 1.807) is 0 Å². The van der Waals surface area contributed by atoms with Gasteiger partial charge < -0.3 is 21.3 Å². The number of fused-ring (bicyclic) bond motifs is 1. The third-order valence-corrected chi connectivity index (χ3v) is 6.46. The van der Waals surface area contributed by atoms with Gasteiger partial charge in [0.1, 0.15) is 0 Å². The number of hydrogen-bond donors (Lipinski definition) is 4. The van der Waals surface area contributed by atoms with E-state index in [4.69, 9.17) is 9.85 Å². The summed E-state index contributed by atoms with van der Waals surface area (Å²) in [6.45, 7) is -4.01. The Labute approximate surface area is 187 Å². The number of alkyl halides is 2. The van der Waals surface area contributed by atoms with Gasteiger partial charge in [-0.2, -0.15) is 5.26 Å². The Morgan fingerprint density at radius 2 is 2.22 bits per heavy atom. The fourth-order valence-electron chi connectivity index (χ4n) is 4.67. The zero-order chi connectivity index (χ0) is 25.8. The van der Waals surface area contributed by atoms with Crippen LogP contribution in [-0.4, -0.2) is 44.7 Å². The van der Waals surface area contributed by atoms with E-state index in [0.29, 0.717) is 25.7 Å². The number of benzene rings is 1. The SMILES string of the molecule is [2H]C([2H])([2H])c1ccc([C@](O)(CO)C(F)F)cc1-c1cnc(N)c(C(=O)NC23CCC(C#N)(C2)C3)n1. The van der Waals surface area contributed by atoms with Crippen molar-refractivity contribution >= 4 is 11.7 Å². The third kappa shape index (κ3) is 3.38. The van der Waals surface area contributed by atoms with Crippen LogP contribution in [0.4, 0.5) is 14.6 Å². The largest absolute Gasteiger partial charge is 0.393 e. The maximum absolute atomic E-state index is 13.5. The Hall–Kier alpha value is -3.16. The van der Waals surface area contributed by atoms with Crippen molar-refractivity contribution in [2.75, 3.05) is 12.3 Å². The highest BCUT2D eigenvalue weighted by Crippen LogP contribution is 2.61. The molecule has 2 aromatic rings. The van der Waals surface area contributed by atoms with Gasteiger partial charge in [-0.1, -0.05) is 12.1 Å². The lowest BCUT2D eigenvalue weighted by atomic mass is 9.66. The first-order chi connectivity index (χ1) is 16.3. The average molecular weight is 446 g/mol. The molecule has 1 aromatic heterocycles. The summed E-state index contributed by atoms with van der Waals surface area (Å²) in [6.07, 6.45) is 0.0299. The number of halogens is 2. The molecule has 5 rings (SSSR count). The lowest BCUT2D eigenvalue weighted by Crippen LogP contribution is -2.55. The molecule has 8 nitrogen and oxygen atoms in total. The minimum absolute atomic E-state index is 0.143. The summed E-state index contributed by atoms with van der Waals surface area (Å²) in [7, 11) is 0. The van der Waals surface area contributed by atoms with Gasteiger partial charge in [0.05, 0.1) is 30.0 Å². The van der Waals surface area contributed by atoms with Crippen molar-refractivity contribution in [1.29, 1.82) is 5.26 Å². The Morgan fingerprint density at radius 3 is 2.81 bits per heavy atom. The number of nitrogens with zero attached hydrogens (tertiary/aromatic N) is 3. The van der Waals surface area contributed by atoms with Crippen LogP contribution in [0.15, 0.2) is 24.4 Å². The maximum Gasteiger partial charge on any atom is 0.274 e. The molecule has 1 atom stereocenters. The fraction of sp³-hybridized carbons (Fsp3) is 0.455. The van der Waals surface area contributed by atoms with Gasteiger partial charge in [0.15, 0.2) is 17.1 Å². The van der Waals surface area contributed by atoms with Crippen LogP contribution in [0, 0.1) is 23.6 Å². The van der Waals surface area contributed by atoms with E-state index >= 15 is 0 Å². The molecule has 1 aromatic carbocycles. The molecule has 10 heteroatoms. The van der Waals surface area contributed by atoms with Crippen molar-refractivity contribution in [2.45, 2.75) is 50.1 Å². The number of nitriles is 1. The maximum atomic E-state index is 13.5. The zero-order valence-corrected chi connectivity index (χ0v) is 16.9. The van der Waals surface area contributed by atoms with E-state index in [1.165, 1.54) is 0 Å². The Morgan fingerprint density at radius 1 is 1.47 bits per heavy atom. The van der Waals surface area contributed by atoms with E-state index in [2.05, 4.69) is 21.4 Å². The van der Waals surface area contributed by atoms with Gasteiger partial charge in [-0.25, -0.2) is 18.7 Å². The summed E-state index contributed by atoms with van der Waals surface area (Å²) in [5.41, 5.74) is 0.616. The van der Waals surface area contributed by atoms with E-state index < -0.39 is 47.9 Å². The standard InChI is InChI=1S/C22H23F2N5O3/c1-12-2-3-13(22(32,11-30)19(23)24)6-14(12)15-7-27-17(26)16(28-15)18(31)29-21-5-4-20(8-21,9-21)10-25/h2-3,6-7,19,30,32H,4-5,8-9,11H2,1H3,(H2,26,27)(H,29,31)/t20?,21?,22-/m1/s1/i1D3. The molecule has 1 amide bonds. The molecule has 5 N–H and O–H groups in total. The van der Waals surface area contributed by atoms with Crippen LogP contribution in [0.1, 0.15) is 51.4 Å². The van der Waals surface area contributed by atoms with Crippen LogP contribution >= 0.6 is 0 Å². The molecule has 3 fully saturated rings. The number of amides is 1. The Bertz CT molecular complexity index is 1230. The van der Waals surface area contributed by atoms with Gasteiger partial charge in [0, 0.05) is 15.2 Å². The van der Waals surface area contributed by atoms with Crippen LogP contribution < -0.4 is 11.1 Å². The number of rotatable bonds is 6. The summed E-state index contributed by atoms with van der Waals surface area (Å²) >= 11 is 0. The normalized spacial score (nSPS) is 27.4. The number of aliphatic hydroxyl groups excluding tert-OH is 1. The number of aryl methyl sites for hydroxylation is 1. The minimum atomic E-state index is -3.37. The lowest BCUT2D eigenvalue weighted by Gasteiger charge is -2.43. The van der Waals surface area contributed by atoms with Crippen LogP contribution in [0.2, 0.25) is 0 Å². The number of carbonyl (C=O) groups excluding carboxylic acids is 1. The second-order valence-corrected chi connectivity index (χ2v) is 8.61. The quantitative estimate of drug-likeness (QED) is 0.531. The second-order valence-electron chi connectivity index (χ2n) is 8.61. The smallest absolute Gasteiger partial charge is 0.274 e. The van der Waals surface area contributed by atoms with Crippen LogP contribution in [0.3, 0.4) is 0 Å². The number of hydrogen-bond acceptors (Lipinski definition) is 7. The number of nitrogens with one attached hydrogen (secondary N) is 1. The first-order valence-electron chi connectivity index (χ1n) is 11.4. The van der Waals surface area contributed by atoms with Crippen molar-refractivity contribution in [3.05, 3.63) is 41.2 Å². The summed E-state index contributed by atoms with van der Waals surface area (Å²) in [5, 5.41) is 31.9. The van der Waals surface area contributed by atoms with Gasteiger partial charge in [-0.05, 0) is 49.7 Å². The number of nitrogens with two attached hydrogens (primary N) is 1. The fourth-order valence-corrected chi connectivity index (χ4v) is 4.67. The number of aromatic nitrogens is 2. The highest BCUT2D eigenvalue weighted by molar-refractivity contribution is 5.97. The molecule has 1 heterocycles. The Kier molecular flexibility index (Phi) is 4.29. The van der Waals surface area contributed by atoms with Crippen LogP contribution in [0.5, 0.6) is 0 Å². The molecule has 168 valence electrons. The molecule has 2 bridgehead atoms. The van der Waals surface area contributed by atoms with E-state index in [-0.39, 0.29) is 28.3 Å². The number of nitrogen functional groups attached to an aromatic ring is 1.